The number of thioether (sulfide) groups is 1. The summed E-state index contributed by atoms with van der Waals surface area (Å²) in [6.07, 6.45) is 3.20. The van der Waals surface area contributed by atoms with Gasteiger partial charge in [0.1, 0.15) is 5.00 Å². The predicted octanol–water partition coefficient (Wildman–Crippen LogP) is 3.20. The number of rotatable bonds is 4. The van der Waals surface area contributed by atoms with Crippen molar-refractivity contribution in [1.82, 2.24) is 4.37 Å². The van der Waals surface area contributed by atoms with Gasteiger partial charge in [0.05, 0.1) is 4.90 Å². The van der Waals surface area contributed by atoms with E-state index in [0.29, 0.717) is 11.7 Å². The first kappa shape index (κ1) is 11.9. The van der Waals surface area contributed by atoms with Crippen LogP contribution in [0.2, 0.25) is 0 Å². The summed E-state index contributed by atoms with van der Waals surface area (Å²) >= 11 is 3.10. The number of nitrogens with zero attached hydrogens (tertiary/aromatic N) is 1. The van der Waals surface area contributed by atoms with Gasteiger partial charge in [0.15, 0.2) is 5.82 Å². The fourth-order valence-corrected chi connectivity index (χ4v) is 3.91. The molecule has 1 heterocycles. The van der Waals surface area contributed by atoms with Crippen LogP contribution in [-0.4, -0.2) is 17.2 Å². The molecule has 2 aromatic rings. The highest BCUT2D eigenvalue weighted by Crippen LogP contribution is 2.38. The summed E-state index contributed by atoms with van der Waals surface area (Å²) in [5, 5.41) is 4.58. The molecule has 5 heteroatoms. The molecule has 0 bridgehead atoms. The van der Waals surface area contributed by atoms with E-state index in [-0.39, 0.29) is 0 Å². The van der Waals surface area contributed by atoms with E-state index < -0.39 is 0 Å². The largest absolute Gasteiger partial charge is 0.382 e. The second-order valence-corrected chi connectivity index (χ2v) is 6.00. The van der Waals surface area contributed by atoms with Crippen LogP contribution in [0.1, 0.15) is 17.0 Å². The average molecular weight is 277 g/mol. The van der Waals surface area contributed by atoms with Crippen LogP contribution in [0.3, 0.4) is 0 Å². The quantitative estimate of drug-likeness (QED) is 0.843. The van der Waals surface area contributed by atoms with Gasteiger partial charge in [-0.05, 0) is 35.3 Å². The lowest BCUT2D eigenvalue weighted by molar-refractivity contribution is 0.636. The van der Waals surface area contributed by atoms with Gasteiger partial charge >= 0.3 is 0 Å². The Labute approximate surface area is 115 Å². The molecule has 1 atom stereocenters. The lowest BCUT2D eigenvalue weighted by Gasteiger charge is -2.30. The van der Waals surface area contributed by atoms with Crippen molar-refractivity contribution in [3.63, 3.8) is 0 Å². The first-order valence-electron chi connectivity index (χ1n) is 5.90. The SMILES string of the molecule is CSc1c(N)nsc1NCC1Cc2ccccc21. The minimum atomic E-state index is 0.624. The molecule has 18 heavy (non-hydrogen) atoms. The summed E-state index contributed by atoms with van der Waals surface area (Å²) in [6.45, 7) is 0.964. The number of fused-ring (bicyclic) bond motifs is 1. The molecule has 3 N–H and O–H groups in total. The second kappa shape index (κ2) is 4.82. The van der Waals surface area contributed by atoms with Crippen molar-refractivity contribution >= 4 is 34.1 Å². The molecular weight excluding hydrogens is 262 g/mol. The maximum atomic E-state index is 5.82. The number of benzene rings is 1. The van der Waals surface area contributed by atoms with Crippen molar-refractivity contribution in [3.8, 4) is 0 Å². The third-order valence-corrected chi connectivity index (χ3v) is 5.12. The van der Waals surface area contributed by atoms with Crippen molar-refractivity contribution < 1.29 is 0 Å². The van der Waals surface area contributed by atoms with Crippen molar-refractivity contribution in [2.24, 2.45) is 0 Å². The third kappa shape index (κ3) is 1.97. The number of hydrogen-bond acceptors (Lipinski definition) is 5. The Morgan fingerprint density at radius 3 is 3.11 bits per heavy atom. The lowest BCUT2D eigenvalue weighted by atomic mass is 9.78. The van der Waals surface area contributed by atoms with Crippen molar-refractivity contribution in [1.29, 1.82) is 0 Å². The van der Waals surface area contributed by atoms with E-state index in [1.54, 1.807) is 11.8 Å². The van der Waals surface area contributed by atoms with Crippen LogP contribution >= 0.6 is 23.3 Å². The summed E-state index contributed by atoms with van der Waals surface area (Å²) < 4.78 is 4.19. The van der Waals surface area contributed by atoms with Crippen LogP contribution in [0.15, 0.2) is 29.2 Å². The van der Waals surface area contributed by atoms with Gasteiger partial charge in [-0.2, -0.15) is 4.37 Å². The summed E-state index contributed by atoms with van der Waals surface area (Å²) in [5.41, 5.74) is 8.78. The van der Waals surface area contributed by atoms with E-state index in [9.17, 15) is 0 Å². The normalized spacial score (nSPS) is 17.1. The predicted molar refractivity (Wildman–Crippen MR) is 79.7 cm³/mol. The molecule has 1 aliphatic rings. The Balaban J connectivity index is 1.66. The molecule has 3 nitrogen and oxygen atoms in total. The van der Waals surface area contributed by atoms with Gasteiger partial charge in [0, 0.05) is 12.5 Å². The highest BCUT2D eigenvalue weighted by atomic mass is 32.2. The highest BCUT2D eigenvalue weighted by Gasteiger charge is 2.25. The van der Waals surface area contributed by atoms with Crippen molar-refractivity contribution in [2.45, 2.75) is 17.2 Å². The molecule has 0 amide bonds. The zero-order valence-electron chi connectivity index (χ0n) is 10.1. The molecule has 3 rings (SSSR count). The van der Waals surface area contributed by atoms with E-state index in [1.165, 1.54) is 29.1 Å². The maximum Gasteiger partial charge on any atom is 0.153 e. The monoisotopic (exact) mass is 277 g/mol. The summed E-state index contributed by atoms with van der Waals surface area (Å²) in [6, 6.07) is 8.66. The van der Waals surface area contributed by atoms with Gasteiger partial charge < -0.3 is 11.1 Å². The minimum Gasteiger partial charge on any atom is -0.382 e. The number of nitrogens with one attached hydrogen (secondary N) is 1. The third-order valence-electron chi connectivity index (χ3n) is 3.35. The molecular formula is C13H15N3S2. The van der Waals surface area contributed by atoms with E-state index in [4.69, 9.17) is 5.73 Å². The molecule has 1 aromatic carbocycles. The van der Waals surface area contributed by atoms with E-state index in [1.807, 2.05) is 6.26 Å². The first-order valence-corrected chi connectivity index (χ1v) is 7.90. The maximum absolute atomic E-state index is 5.82. The van der Waals surface area contributed by atoms with Crippen LogP contribution in [0.4, 0.5) is 10.8 Å². The van der Waals surface area contributed by atoms with Gasteiger partial charge in [0.2, 0.25) is 0 Å². The molecule has 94 valence electrons. The Morgan fingerprint density at radius 2 is 2.33 bits per heavy atom. The smallest absolute Gasteiger partial charge is 0.153 e. The number of hydrogen-bond donors (Lipinski definition) is 2. The van der Waals surface area contributed by atoms with Gasteiger partial charge in [-0.3, -0.25) is 0 Å². The molecule has 0 fully saturated rings. The molecule has 1 unspecified atom stereocenters. The van der Waals surface area contributed by atoms with Gasteiger partial charge in [-0.15, -0.1) is 11.8 Å². The molecule has 0 spiro atoms. The number of nitrogen functional groups attached to an aromatic ring is 1. The number of aromatic nitrogens is 1. The van der Waals surface area contributed by atoms with Crippen molar-refractivity contribution in [3.05, 3.63) is 35.4 Å². The van der Waals surface area contributed by atoms with Crippen LogP contribution < -0.4 is 11.1 Å². The average Bonchev–Trinajstić information content (AvgIpc) is 2.71. The van der Waals surface area contributed by atoms with Gasteiger partial charge in [-0.25, -0.2) is 0 Å². The summed E-state index contributed by atoms with van der Waals surface area (Å²) in [7, 11) is 0. The Kier molecular flexibility index (Phi) is 3.18. The molecule has 0 saturated carbocycles. The molecule has 1 aliphatic carbocycles. The molecule has 1 aromatic heterocycles. The van der Waals surface area contributed by atoms with Crippen LogP contribution in [0.5, 0.6) is 0 Å². The van der Waals surface area contributed by atoms with Crippen molar-refractivity contribution in [2.75, 3.05) is 23.9 Å². The number of anilines is 2. The molecule has 0 saturated heterocycles. The fourth-order valence-electron chi connectivity index (χ4n) is 2.36. The van der Waals surface area contributed by atoms with E-state index >= 15 is 0 Å². The minimum absolute atomic E-state index is 0.624. The zero-order chi connectivity index (χ0) is 12.5. The standard InChI is InChI=1S/C13H15N3S2/c1-17-11-12(14)16-18-13(11)15-7-9-6-8-4-2-3-5-10(8)9/h2-5,9,15H,6-7H2,1H3,(H2,14,16). The summed E-state index contributed by atoms with van der Waals surface area (Å²) in [5.74, 6) is 1.27. The van der Waals surface area contributed by atoms with Crippen LogP contribution in [0.25, 0.3) is 0 Å². The Morgan fingerprint density at radius 1 is 1.50 bits per heavy atom. The van der Waals surface area contributed by atoms with Crippen LogP contribution in [0, 0.1) is 0 Å². The fraction of sp³-hybridized carbons (Fsp3) is 0.308. The molecule has 0 radical (unpaired) electrons. The van der Waals surface area contributed by atoms with Gasteiger partial charge in [-0.1, -0.05) is 24.3 Å². The molecule has 0 aliphatic heterocycles. The lowest BCUT2D eigenvalue weighted by Crippen LogP contribution is -2.24. The van der Waals surface area contributed by atoms with Gasteiger partial charge in [0.25, 0.3) is 0 Å². The Hall–Kier alpha value is -1.20. The zero-order valence-corrected chi connectivity index (χ0v) is 11.8. The topological polar surface area (TPSA) is 50.9 Å². The number of nitrogens with two attached hydrogens (primary N) is 1. The first-order chi connectivity index (χ1) is 8.79. The van der Waals surface area contributed by atoms with Crippen LogP contribution in [-0.2, 0) is 6.42 Å². The second-order valence-electron chi connectivity index (χ2n) is 4.41. The Bertz CT molecular complexity index is 565. The summed E-state index contributed by atoms with van der Waals surface area (Å²) in [4.78, 5) is 1.08. The van der Waals surface area contributed by atoms with E-state index in [0.717, 1.165) is 16.4 Å². The highest BCUT2D eigenvalue weighted by molar-refractivity contribution is 7.99. The van der Waals surface area contributed by atoms with E-state index in [2.05, 4.69) is 34.0 Å².